The van der Waals surface area contributed by atoms with Gasteiger partial charge in [0.1, 0.15) is 0 Å². The van der Waals surface area contributed by atoms with Gasteiger partial charge in [-0.3, -0.25) is 4.99 Å². The molecule has 1 aliphatic heterocycles. The van der Waals surface area contributed by atoms with E-state index in [0.29, 0.717) is 0 Å². The number of hydrogen-bond acceptors (Lipinski definition) is 3. The van der Waals surface area contributed by atoms with Crippen molar-refractivity contribution in [3.05, 3.63) is 29.8 Å². The molecular weight excluding hydrogens is 324 g/mol. The van der Waals surface area contributed by atoms with Gasteiger partial charge in [-0.15, -0.1) is 0 Å². The van der Waals surface area contributed by atoms with Crippen LogP contribution >= 0.6 is 0 Å². The molecule has 1 heterocycles. The van der Waals surface area contributed by atoms with Crippen LogP contribution in [0.3, 0.4) is 0 Å². The van der Waals surface area contributed by atoms with E-state index in [1.165, 1.54) is 50.0 Å². The molecule has 1 saturated heterocycles. The van der Waals surface area contributed by atoms with Crippen molar-refractivity contribution in [3.8, 4) is 0 Å². The van der Waals surface area contributed by atoms with Gasteiger partial charge < -0.3 is 20.3 Å². The first-order valence-corrected chi connectivity index (χ1v) is 10.2. The first-order chi connectivity index (χ1) is 12.8. The highest BCUT2D eigenvalue weighted by atomic mass is 16.5. The van der Waals surface area contributed by atoms with Crippen molar-refractivity contribution >= 4 is 11.6 Å². The molecule has 1 atom stereocenters. The number of nitrogens with zero attached hydrogens (tertiary/aromatic N) is 2. The van der Waals surface area contributed by atoms with Gasteiger partial charge in [0.05, 0.1) is 6.04 Å². The van der Waals surface area contributed by atoms with Gasteiger partial charge in [-0.25, -0.2) is 0 Å². The van der Waals surface area contributed by atoms with E-state index >= 15 is 0 Å². The molecule has 0 spiro atoms. The second-order valence-corrected chi connectivity index (χ2v) is 7.53. The van der Waals surface area contributed by atoms with Crippen molar-refractivity contribution in [2.45, 2.75) is 45.1 Å². The van der Waals surface area contributed by atoms with E-state index < -0.39 is 0 Å². The summed E-state index contributed by atoms with van der Waals surface area (Å²) in [5.41, 5.74) is 2.63. The van der Waals surface area contributed by atoms with Gasteiger partial charge in [0.15, 0.2) is 5.96 Å². The molecule has 0 amide bonds. The number of nitrogens with one attached hydrogen (secondary N) is 2. The number of anilines is 1. The molecule has 3 rings (SSSR count). The summed E-state index contributed by atoms with van der Waals surface area (Å²) >= 11 is 0. The quantitative estimate of drug-likeness (QED) is 0.404. The lowest BCUT2D eigenvalue weighted by molar-refractivity contribution is 0.123. The predicted molar refractivity (Wildman–Crippen MR) is 109 cm³/mol. The zero-order valence-corrected chi connectivity index (χ0v) is 16.3. The van der Waals surface area contributed by atoms with Crippen LogP contribution in [0.5, 0.6) is 0 Å². The predicted octanol–water partition coefficient (Wildman–Crippen LogP) is 3.33. The second-order valence-electron chi connectivity index (χ2n) is 7.53. The third-order valence-electron chi connectivity index (χ3n) is 5.23. The Morgan fingerprint density at radius 1 is 1.31 bits per heavy atom. The fourth-order valence-corrected chi connectivity index (χ4v) is 3.36. The van der Waals surface area contributed by atoms with E-state index in [1.807, 2.05) is 7.05 Å². The molecule has 5 nitrogen and oxygen atoms in total. The third-order valence-corrected chi connectivity index (χ3v) is 5.23. The van der Waals surface area contributed by atoms with Crippen LogP contribution in [0.25, 0.3) is 0 Å². The lowest BCUT2D eigenvalue weighted by Crippen LogP contribution is -2.39. The molecule has 1 unspecified atom stereocenters. The fourth-order valence-electron chi connectivity index (χ4n) is 3.36. The molecule has 1 aliphatic carbocycles. The summed E-state index contributed by atoms with van der Waals surface area (Å²) in [4.78, 5) is 6.83. The fraction of sp³-hybridized carbons (Fsp3) is 0.667. The Kier molecular flexibility index (Phi) is 7.18. The van der Waals surface area contributed by atoms with Crippen molar-refractivity contribution < 1.29 is 4.74 Å². The zero-order chi connectivity index (χ0) is 18.2. The molecule has 2 N–H and O–H groups in total. The smallest absolute Gasteiger partial charge is 0.191 e. The maximum Gasteiger partial charge on any atom is 0.191 e. The monoisotopic (exact) mass is 358 g/mol. The van der Waals surface area contributed by atoms with Gasteiger partial charge in [0.2, 0.25) is 0 Å². The number of rotatable bonds is 9. The van der Waals surface area contributed by atoms with Crippen LogP contribution < -0.4 is 15.5 Å². The van der Waals surface area contributed by atoms with E-state index in [4.69, 9.17) is 4.74 Å². The van der Waals surface area contributed by atoms with Crippen LogP contribution in [-0.2, 0) is 4.74 Å². The molecule has 144 valence electrons. The third kappa shape index (κ3) is 5.90. The normalized spacial score (nSPS) is 18.8. The van der Waals surface area contributed by atoms with Crippen LogP contribution in [0, 0.1) is 5.92 Å². The molecule has 1 saturated carbocycles. The van der Waals surface area contributed by atoms with Crippen LogP contribution in [0.1, 0.15) is 50.6 Å². The van der Waals surface area contributed by atoms with Crippen LogP contribution in [0.15, 0.2) is 29.3 Å². The van der Waals surface area contributed by atoms with Gasteiger partial charge in [-0.1, -0.05) is 12.1 Å². The number of guanidine groups is 1. The maximum absolute atomic E-state index is 5.68. The minimum atomic E-state index is 0.217. The topological polar surface area (TPSA) is 48.9 Å². The maximum atomic E-state index is 5.68. The van der Waals surface area contributed by atoms with Gasteiger partial charge >= 0.3 is 0 Å². The highest BCUT2D eigenvalue weighted by Crippen LogP contribution is 2.28. The molecule has 2 fully saturated rings. The van der Waals surface area contributed by atoms with Gasteiger partial charge in [-0.05, 0) is 62.6 Å². The van der Waals surface area contributed by atoms with Crippen molar-refractivity contribution in [2.24, 2.45) is 10.9 Å². The summed E-state index contributed by atoms with van der Waals surface area (Å²) in [5.74, 6) is 1.70. The van der Waals surface area contributed by atoms with Gasteiger partial charge in [-0.2, -0.15) is 0 Å². The molecule has 0 bridgehead atoms. The standard InChI is InChI=1S/C21H34N4O/c1-17(19-7-5-8-20(15-19)25-12-3-4-13-25)24-21(22-2)23-11-6-14-26-16-18-9-10-18/h5,7-8,15,17-18H,3-4,6,9-14,16H2,1-2H3,(H2,22,23,24). The Balaban J connectivity index is 1.41. The SMILES string of the molecule is CN=C(NCCCOCC1CC1)NC(C)c1cccc(N2CCCC2)c1. The van der Waals surface area contributed by atoms with E-state index in [9.17, 15) is 0 Å². The molecule has 2 aliphatic rings. The van der Waals surface area contributed by atoms with Crippen molar-refractivity contribution in [1.29, 1.82) is 0 Å². The van der Waals surface area contributed by atoms with E-state index in [0.717, 1.165) is 38.1 Å². The van der Waals surface area contributed by atoms with Crippen LogP contribution in [0.4, 0.5) is 5.69 Å². The van der Waals surface area contributed by atoms with Gasteiger partial charge in [0, 0.05) is 45.6 Å². The average Bonchev–Trinajstić information content (AvgIpc) is 3.33. The number of aliphatic imine (C=N–C) groups is 1. The van der Waals surface area contributed by atoms with Crippen molar-refractivity contribution in [2.75, 3.05) is 44.8 Å². The highest BCUT2D eigenvalue weighted by molar-refractivity contribution is 5.80. The van der Waals surface area contributed by atoms with Crippen LogP contribution in [0.2, 0.25) is 0 Å². The highest BCUT2D eigenvalue weighted by Gasteiger charge is 2.20. The number of ether oxygens (including phenoxy) is 1. The summed E-state index contributed by atoms with van der Waals surface area (Å²) in [7, 11) is 1.83. The molecule has 1 aromatic rings. The van der Waals surface area contributed by atoms with E-state index in [1.54, 1.807) is 0 Å². The molecule has 26 heavy (non-hydrogen) atoms. The summed E-state index contributed by atoms with van der Waals surface area (Å²) in [6.07, 6.45) is 6.32. The van der Waals surface area contributed by atoms with E-state index in [2.05, 4.69) is 51.7 Å². The average molecular weight is 359 g/mol. The summed E-state index contributed by atoms with van der Waals surface area (Å²) in [6, 6.07) is 9.10. The van der Waals surface area contributed by atoms with Crippen molar-refractivity contribution in [3.63, 3.8) is 0 Å². The van der Waals surface area contributed by atoms with E-state index in [-0.39, 0.29) is 6.04 Å². The summed E-state index contributed by atoms with van der Waals surface area (Å²) in [5, 5.41) is 6.89. The number of benzene rings is 1. The zero-order valence-electron chi connectivity index (χ0n) is 16.3. The summed E-state index contributed by atoms with van der Waals surface area (Å²) in [6.45, 7) is 7.19. The molecule has 0 radical (unpaired) electrons. The molecular formula is C21H34N4O. The molecule has 5 heteroatoms. The Bertz CT molecular complexity index is 579. The first kappa shape index (κ1) is 19.0. The van der Waals surface area contributed by atoms with Crippen LogP contribution in [-0.4, -0.2) is 45.9 Å². The van der Waals surface area contributed by atoms with Crippen molar-refractivity contribution in [1.82, 2.24) is 10.6 Å². The van der Waals surface area contributed by atoms with Gasteiger partial charge in [0.25, 0.3) is 0 Å². The number of hydrogen-bond donors (Lipinski definition) is 2. The minimum absolute atomic E-state index is 0.217. The Hall–Kier alpha value is -1.75. The largest absolute Gasteiger partial charge is 0.381 e. The second kappa shape index (κ2) is 9.81. The summed E-state index contributed by atoms with van der Waals surface area (Å²) < 4.78 is 5.68. The Morgan fingerprint density at radius 2 is 2.12 bits per heavy atom. The molecule has 0 aromatic heterocycles. The lowest BCUT2D eigenvalue weighted by Gasteiger charge is -2.22. The Morgan fingerprint density at radius 3 is 2.85 bits per heavy atom. The minimum Gasteiger partial charge on any atom is -0.381 e. The lowest BCUT2D eigenvalue weighted by atomic mass is 10.1. The first-order valence-electron chi connectivity index (χ1n) is 10.2. The molecule has 1 aromatic carbocycles. The Labute approximate surface area is 158 Å².